The molecule has 2 saturated heterocycles. The maximum Gasteiger partial charge on any atom is 0.137 e. The highest BCUT2D eigenvalue weighted by molar-refractivity contribution is 9.10. The second kappa shape index (κ2) is 6.57. The van der Waals surface area contributed by atoms with Crippen LogP contribution < -0.4 is 0 Å². The molecule has 2 unspecified atom stereocenters. The van der Waals surface area contributed by atoms with Crippen LogP contribution in [0.15, 0.2) is 22.7 Å². The van der Waals surface area contributed by atoms with Crippen LogP contribution in [0.1, 0.15) is 37.4 Å². The van der Waals surface area contributed by atoms with E-state index in [0.29, 0.717) is 4.47 Å². The molecule has 116 valence electrons. The van der Waals surface area contributed by atoms with Crippen molar-refractivity contribution in [3.05, 3.63) is 34.1 Å². The van der Waals surface area contributed by atoms with Crippen molar-refractivity contribution in [1.29, 1.82) is 0 Å². The highest BCUT2D eigenvalue weighted by atomic mass is 79.9. The fourth-order valence-electron chi connectivity index (χ4n) is 3.40. The van der Waals surface area contributed by atoms with Crippen molar-refractivity contribution in [2.75, 3.05) is 18.1 Å². The molecule has 2 aliphatic rings. The molecule has 2 aliphatic heterocycles. The van der Waals surface area contributed by atoms with E-state index in [1.165, 1.54) is 6.07 Å². The Morgan fingerprint density at radius 1 is 1.38 bits per heavy atom. The van der Waals surface area contributed by atoms with E-state index >= 15 is 0 Å². The molecule has 2 nitrogen and oxygen atoms in total. The first-order chi connectivity index (χ1) is 10.1. The molecule has 2 fully saturated rings. The smallest absolute Gasteiger partial charge is 0.137 e. The van der Waals surface area contributed by atoms with Crippen molar-refractivity contribution >= 4 is 27.7 Å². The Morgan fingerprint density at radius 3 is 2.86 bits per heavy atom. The Balaban J connectivity index is 1.74. The lowest BCUT2D eigenvalue weighted by molar-refractivity contribution is -0.121. The standard InChI is InChI=1S/C16H20BrFO2S/c17-13-9-11(1-2-14(13)18)15(19)12-3-6-20-16(10-12)4-7-21-8-5-16/h1-2,9,12,15,19H,3-8,10H2. The number of ether oxygens (including phenoxy) is 1. The molecule has 0 bridgehead atoms. The van der Waals surface area contributed by atoms with Gasteiger partial charge in [0.25, 0.3) is 0 Å². The highest BCUT2D eigenvalue weighted by Crippen LogP contribution is 2.43. The zero-order valence-corrected chi connectivity index (χ0v) is 14.3. The second-order valence-corrected chi connectivity index (χ2v) is 8.09. The summed E-state index contributed by atoms with van der Waals surface area (Å²) in [5.74, 6) is 2.19. The van der Waals surface area contributed by atoms with Crippen molar-refractivity contribution in [2.45, 2.75) is 37.4 Å². The maximum atomic E-state index is 13.3. The number of aliphatic hydroxyl groups excluding tert-OH is 1. The van der Waals surface area contributed by atoms with Gasteiger partial charge in [0.1, 0.15) is 5.82 Å². The molecule has 1 spiro atoms. The Kier molecular flexibility index (Phi) is 4.94. The molecule has 1 aromatic carbocycles. The minimum Gasteiger partial charge on any atom is -0.388 e. The SMILES string of the molecule is OC(c1ccc(F)c(Br)c1)C1CCOC2(CCSCC2)C1. The van der Waals surface area contributed by atoms with Crippen LogP contribution in [-0.4, -0.2) is 28.8 Å². The van der Waals surface area contributed by atoms with E-state index in [4.69, 9.17) is 4.74 Å². The topological polar surface area (TPSA) is 29.5 Å². The molecule has 0 radical (unpaired) electrons. The third-order valence-electron chi connectivity index (χ3n) is 4.67. The summed E-state index contributed by atoms with van der Waals surface area (Å²) < 4.78 is 19.8. The lowest BCUT2D eigenvalue weighted by Gasteiger charge is -2.44. The van der Waals surface area contributed by atoms with Crippen molar-refractivity contribution in [1.82, 2.24) is 0 Å². The van der Waals surface area contributed by atoms with Gasteiger partial charge in [-0.15, -0.1) is 0 Å². The van der Waals surface area contributed by atoms with Crippen molar-refractivity contribution < 1.29 is 14.2 Å². The molecule has 0 amide bonds. The highest BCUT2D eigenvalue weighted by Gasteiger charge is 2.41. The van der Waals surface area contributed by atoms with Crippen LogP contribution in [0.5, 0.6) is 0 Å². The number of halogens is 2. The van der Waals surface area contributed by atoms with Gasteiger partial charge in [-0.2, -0.15) is 11.8 Å². The Bertz CT molecular complexity index is 500. The molecule has 21 heavy (non-hydrogen) atoms. The first kappa shape index (κ1) is 15.8. The van der Waals surface area contributed by atoms with Crippen LogP contribution in [0.2, 0.25) is 0 Å². The van der Waals surface area contributed by atoms with Crippen molar-refractivity contribution in [3.8, 4) is 0 Å². The maximum absolute atomic E-state index is 13.3. The molecule has 5 heteroatoms. The molecule has 2 heterocycles. The summed E-state index contributed by atoms with van der Waals surface area (Å²) in [4.78, 5) is 0. The van der Waals surface area contributed by atoms with Crippen LogP contribution in [-0.2, 0) is 4.74 Å². The number of thioether (sulfide) groups is 1. The quantitative estimate of drug-likeness (QED) is 0.835. The predicted octanol–water partition coefficient (Wildman–Crippen LogP) is 4.31. The molecule has 1 aromatic rings. The van der Waals surface area contributed by atoms with Gasteiger partial charge in [-0.05, 0) is 76.7 Å². The van der Waals surface area contributed by atoms with Gasteiger partial charge in [-0.3, -0.25) is 0 Å². The average molecular weight is 375 g/mol. The fraction of sp³-hybridized carbons (Fsp3) is 0.625. The fourth-order valence-corrected chi connectivity index (χ4v) is 5.03. The Labute approximate surface area is 137 Å². The summed E-state index contributed by atoms with van der Waals surface area (Å²) in [6.07, 6.45) is 3.38. The van der Waals surface area contributed by atoms with Gasteiger partial charge in [0.2, 0.25) is 0 Å². The number of rotatable bonds is 2. The van der Waals surface area contributed by atoms with Gasteiger partial charge in [-0.25, -0.2) is 4.39 Å². The molecule has 0 aliphatic carbocycles. The second-order valence-electron chi connectivity index (χ2n) is 6.02. The lowest BCUT2D eigenvalue weighted by Crippen LogP contribution is -2.44. The predicted molar refractivity (Wildman–Crippen MR) is 87.0 cm³/mol. The number of aliphatic hydroxyl groups is 1. The average Bonchev–Trinajstić information content (AvgIpc) is 2.50. The molecule has 1 N–H and O–H groups in total. The van der Waals surface area contributed by atoms with Gasteiger partial charge in [0, 0.05) is 6.61 Å². The third kappa shape index (κ3) is 3.46. The van der Waals surface area contributed by atoms with E-state index in [1.807, 2.05) is 11.8 Å². The minimum absolute atomic E-state index is 0.0353. The molecule has 0 aromatic heterocycles. The normalized spacial score (nSPS) is 26.7. The molecule has 3 rings (SSSR count). The summed E-state index contributed by atoms with van der Waals surface area (Å²) in [6, 6.07) is 4.79. The van der Waals surface area contributed by atoms with Crippen LogP contribution in [0.3, 0.4) is 0 Å². The Morgan fingerprint density at radius 2 is 2.14 bits per heavy atom. The largest absolute Gasteiger partial charge is 0.388 e. The third-order valence-corrected chi connectivity index (χ3v) is 6.26. The molecule has 0 saturated carbocycles. The van der Waals surface area contributed by atoms with Crippen LogP contribution in [0.25, 0.3) is 0 Å². The molecular formula is C16H20BrFO2S. The van der Waals surface area contributed by atoms with E-state index in [1.54, 1.807) is 12.1 Å². The van der Waals surface area contributed by atoms with Gasteiger partial charge >= 0.3 is 0 Å². The summed E-state index contributed by atoms with van der Waals surface area (Å²) in [6.45, 7) is 0.717. The van der Waals surface area contributed by atoms with E-state index < -0.39 is 6.10 Å². The van der Waals surface area contributed by atoms with E-state index in [0.717, 1.165) is 49.4 Å². The number of benzene rings is 1. The first-order valence-electron chi connectivity index (χ1n) is 7.44. The van der Waals surface area contributed by atoms with Crippen LogP contribution >= 0.6 is 27.7 Å². The summed E-state index contributed by atoms with van der Waals surface area (Å²) >= 11 is 5.18. The van der Waals surface area contributed by atoms with Crippen LogP contribution in [0, 0.1) is 11.7 Å². The summed E-state index contributed by atoms with van der Waals surface area (Å²) in [5, 5.41) is 10.7. The number of hydrogen-bond donors (Lipinski definition) is 1. The zero-order valence-electron chi connectivity index (χ0n) is 11.9. The van der Waals surface area contributed by atoms with Crippen molar-refractivity contribution in [3.63, 3.8) is 0 Å². The summed E-state index contributed by atoms with van der Waals surface area (Å²) in [5.41, 5.74) is 0.752. The van der Waals surface area contributed by atoms with Gasteiger partial charge in [0.05, 0.1) is 16.2 Å². The van der Waals surface area contributed by atoms with E-state index in [2.05, 4.69) is 15.9 Å². The summed E-state index contributed by atoms with van der Waals surface area (Å²) in [7, 11) is 0. The molecule has 2 atom stereocenters. The van der Waals surface area contributed by atoms with Gasteiger partial charge < -0.3 is 9.84 Å². The minimum atomic E-state index is -0.544. The lowest BCUT2D eigenvalue weighted by atomic mass is 9.78. The van der Waals surface area contributed by atoms with E-state index in [9.17, 15) is 9.50 Å². The van der Waals surface area contributed by atoms with E-state index in [-0.39, 0.29) is 17.3 Å². The number of hydrogen-bond acceptors (Lipinski definition) is 3. The van der Waals surface area contributed by atoms with Crippen LogP contribution in [0.4, 0.5) is 4.39 Å². The Hall–Kier alpha value is -0.100. The zero-order chi connectivity index (χ0) is 14.9. The monoisotopic (exact) mass is 374 g/mol. The molecular weight excluding hydrogens is 355 g/mol. The van der Waals surface area contributed by atoms with Gasteiger partial charge in [-0.1, -0.05) is 6.07 Å². The van der Waals surface area contributed by atoms with Gasteiger partial charge in [0.15, 0.2) is 0 Å². The van der Waals surface area contributed by atoms with Crippen molar-refractivity contribution in [2.24, 2.45) is 5.92 Å². The first-order valence-corrected chi connectivity index (χ1v) is 9.39.